The molecule has 24 heavy (non-hydrogen) atoms. The van der Waals surface area contributed by atoms with Crippen LogP contribution in [0.15, 0.2) is 85.1 Å². The molecule has 0 radical (unpaired) electrons. The third kappa shape index (κ3) is 4.07. The predicted octanol–water partition coefficient (Wildman–Crippen LogP) is 3.57. The molecule has 0 aliphatic carbocycles. The first-order valence-electron chi connectivity index (χ1n) is 8.12. The topological polar surface area (TPSA) is 42.0 Å². The van der Waals surface area contributed by atoms with Crippen molar-refractivity contribution in [2.75, 3.05) is 6.54 Å². The summed E-state index contributed by atoms with van der Waals surface area (Å²) >= 11 is 0. The summed E-state index contributed by atoms with van der Waals surface area (Å²) in [5.41, 5.74) is 2.98. The van der Waals surface area contributed by atoms with E-state index in [2.05, 4.69) is 10.3 Å². The van der Waals surface area contributed by atoms with Gasteiger partial charge >= 0.3 is 0 Å². The second-order valence-electron chi connectivity index (χ2n) is 5.62. The molecule has 0 fully saturated rings. The summed E-state index contributed by atoms with van der Waals surface area (Å²) in [6, 6.07) is 25.6. The van der Waals surface area contributed by atoms with Crippen LogP contribution < -0.4 is 5.32 Å². The van der Waals surface area contributed by atoms with E-state index < -0.39 is 0 Å². The molecule has 1 aromatic heterocycles. The van der Waals surface area contributed by atoms with Crippen LogP contribution in [0, 0.1) is 0 Å². The van der Waals surface area contributed by atoms with Gasteiger partial charge in [-0.2, -0.15) is 0 Å². The molecule has 0 spiro atoms. The number of carbonyl (C=O) groups is 1. The normalized spacial score (nSPS) is 10.5. The lowest BCUT2D eigenvalue weighted by molar-refractivity contribution is -0.121. The monoisotopic (exact) mass is 316 g/mol. The molecule has 2 aromatic carbocycles. The van der Waals surface area contributed by atoms with Gasteiger partial charge in [0.1, 0.15) is 0 Å². The summed E-state index contributed by atoms with van der Waals surface area (Å²) in [5.74, 6) is -0.278. The fourth-order valence-electron chi connectivity index (χ4n) is 2.75. The van der Waals surface area contributed by atoms with E-state index in [1.165, 1.54) is 0 Å². The summed E-state index contributed by atoms with van der Waals surface area (Å²) in [4.78, 5) is 17.1. The number of pyridine rings is 1. The van der Waals surface area contributed by atoms with Gasteiger partial charge in [-0.1, -0.05) is 66.7 Å². The van der Waals surface area contributed by atoms with Crippen LogP contribution in [-0.4, -0.2) is 17.4 Å². The molecule has 3 nitrogen and oxygen atoms in total. The average Bonchev–Trinajstić information content (AvgIpc) is 2.65. The molecule has 0 saturated carbocycles. The van der Waals surface area contributed by atoms with Crippen LogP contribution in [0.25, 0.3) is 0 Å². The fourth-order valence-corrected chi connectivity index (χ4v) is 2.75. The lowest BCUT2D eigenvalue weighted by atomic mass is 9.90. The standard InChI is InChI=1S/C21H20N2O/c24-21(23-16-14-19-13-7-8-15-22-19)20(17-9-3-1-4-10-17)18-11-5-2-6-12-18/h1-13,15,20H,14,16H2,(H,23,24). The molecule has 0 aliphatic heterocycles. The maximum absolute atomic E-state index is 12.8. The van der Waals surface area contributed by atoms with Gasteiger partial charge in [0, 0.05) is 24.9 Å². The van der Waals surface area contributed by atoms with Crippen molar-refractivity contribution in [1.29, 1.82) is 0 Å². The number of hydrogen-bond donors (Lipinski definition) is 1. The number of hydrogen-bond acceptors (Lipinski definition) is 2. The van der Waals surface area contributed by atoms with Gasteiger partial charge in [-0.25, -0.2) is 0 Å². The largest absolute Gasteiger partial charge is 0.355 e. The van der Waals surface area contributed by atoms with Crippen molar-refractivity contribution < 1.29 is 4.79 Å². The predicted molar refractivity (Wildman–Crippen MR) is 95.7 cm³/mol. The van der Waals surface area contributed by atoms with Crippen LogP contribution in [0.4, 0.5) is 0 Å². The van der Waals surface area contributed by atoms with E-state index in [1.807, 2.05) is 78.9 Å². The van der Waals surface area contributed by atoms with Crippen molar-refractivity contribution in [3.63, 3.8) is 0 Å². The zero-order chi connectivity index (χ0) is 16.6. The molecule has 3 heteroatoms. The Hall–Kier alpha value is -2.94. The molecular weight excluding hydrogens is 296 g/mol. The Morgan fingerprint density at radius 3 is 1.96 bits per heavy atom. The molecule has 0 atom stereocenters. The van der Waals surface area contributed by atoms with Gasteiger partial charge in [0.25, 0.3) is 0 Å². The Morgan fingerprint density at radius 2 is 1.42 bits per heavy atom. The van der Waals surface area contributed by atoms with E-state index >= 15 is 0 Å². The third-order valence-corrected chi connectivity index (χ3v) is 3.93. The summed E-state index contributed by atoms with van der Waals surface area (Å²) in [6.07, 6.45) is 2.50. The average molecular weight is 316 g/mol. The first-order valence-corrected chi connectivity index (χ1v) is 8.12. The van der Waals surface area contributed by atoms with Gasteiger partial charge in [-0.05, 0) is 23.3 Å². The van der Waals surface area contributed by atoms with Crippen molar-refractivity contribution in [2.45, 2.75) is 12.3 Å². The molecule has 0 saturated heterocycles. The van der Waals surface area contributed by atoms with Crippen molar-refractivity contribution in [1.82, 2.24) is 10.3 Å². The zero-order valence-electron chi connectivity index (χ0n) is 13.4. The highest BCUT2D eigenvalue weighted by molar-refractivity contribution is 5.87. The zero-order valence-corrected chi connectivity index (χ0v) is 13.4. The van der Waals surface area contributed by atoms with Gasteiger partial charge in [-0.3, -0.25) is 9.78 Å². The fraction of sp³-hybridized carbons (Fsp3) is 0.143. The molecule has 1 heterocycles. The van der Waals surface area contributed by atoms with Gasteiger partial charge < -0.3 is 5.32 Å². The van der Waals surface area contributed by atoms with Gasteiger partial charge in [0.2, 0.25) is 5.91 Å². The van der Waals surface area contributed by atoms with Crippen molar-refractivity contribution in [3.8, 4) is 0 Å². The molecule has 3 aromatic rings. The molecule has 3 rings (SSSR count). The lowest BCUT2D eigenvalue weighted by Gasteiger charge is -2.18. The number of nitrogens with one attached hydrogen (secondary N) is 1. The number of aromatic nitrogens is 1. The van der Waals surface area contributed by atoms with E-state index in [1.54, 1.807) is 6.20 Å². The van der Waals surface area contributed by atoms with Crippen LogP contribution >= 0.6 is 0 Å². The quantitative estimate of drug-likeness (QED) is 0.755. The molecule has 0 aliphatic rings. The van der Waals surface area contributed by atoms with E-state index in [-0.39, 0.29) is 11.8 Å². The van der Waals surface area contributed by atoms with Crippen molar-refractivity contribution >= 4 is 5.91 Å². The maximum Gasteiger partial charge on any atom is 0.232 e. The van der Waals surface area contributed by atoms with E-state index in [4.69, 9.17) is 0 Å². The number of amides is 1. The number of benzene rings is 2. The molecule has 0 unspecified atom stereocenters. The second-order valence-corrected chi connectivity index (χ2v) is 5.62. The number of nitrogens with zero attached hydrogens (tertiary/aromatic N) is 1. The Morgan fingerprint density at radius 1 is 0.833 bits per heavy atom. The molecule has 0 bridgehead atoms. The van der Waals surface area contributed by atoms with Crippen LogP contribution in [0.1, 0.15) is 22.7 Å². The molecular formula is C21H20N2O. The van der Waals surface area contributed by atoms with E-state index in [9.17, 15) is 4.79 Å². The minimum Gasteiger partial charge on any atom is -0.355 e. The highest BCUT2D eigenvalue weighted by atomic mass is 16.1. The number of carbonyl (C=O) groups excluding carboxylic acids is 1. The minimum absolute atomic E-state index is 0.0170. The Labute approximate surface area is 142 Å². The first kappa shape index (κ1) is 15.9. The van der Waals surface area contributed by atoms with Crippen molar-refractivity contribution in [2.24, 2.45) is 0 Å². The Bertz CT molecular complexity index is 718. The summed E-state index contributed by atoms with van der Waals surface area (Å²) in [7, 11) is 0. The summed E-state index contributed by atoms with van der Waals surface area (Å²) in [6.45, 7) is 0.575. The van der Waals surface area contributed by atoms with E-state index in [0.29, 0.717) is 6.54 Å². The van der Waals surface area contributed by atoms with Gasteiger partial charge in [-0.15, -0.1) is 0 Å². The minimum atomic E-state index is -0.295. The van der Waals surface area contributed by atoms with Gasteiger partial charge in [0.15, 0.2) is 0 Å². The molecule has 1 N–H and O–H groups in total. The van der Waals surface area contributed by atoms with Crippen LogP contribution in [0.5, 0.6) is 0 Å². The number of rotatable bonds is 6. The Balaban J connectivity index is 1.72. The smallest absolute Gasteiger partial charge is 0.232 e. The van der Waals surface area contributed by atoms with Crippen LogP contribution in [-0.2, 0) is 11.2 Å². The Kier molecular flexibility index (Phi) is 5.36. The van der Waals surface area contributed by atoms with Crippen molar-refractivity contribution in [3.05, 3.63) is 102 Å². The summed E-state index contributed by atoms with van der Waals surface area (Å²) in [5, 5.41) is 3.05. The highest BCUT2D eigenvalue weighted by Crippen LogP contribution is 2.24. The summed E-state index contributed by atoms with van der Waals surface area (Å²) < 4.78 is 0. The molecule has 1 amide bonds. The van der Waals surface area contributed by atoms with Gasteiger partial charge in [0.05, 0.1) is 5.92 Å². The van der Waals surface area contributed by atoms with Crippen LogP contribution in [0.2, 0.25) is 0 Å². The second kappa shape index (κ2) is 8.06. The van der Waals surface area contributed by atoms with E-state index in [0.717, 1.165) is 23.2 Å². The molecule has 120 valence electrons. The highest BCUT2D eigenvalue weighted by Gasteiger charge is 2.21. The third-order valence-electron chi connectivity index (χ3n) is 3.93. The first-order chi connectivity index (χ1) is 11.8. The van der Waals surface area contributed by atoms with Crippen LogP contribution in [0.3, 0.4) is 0 Å². The maximum atomic E-state index is 12.8. The SMILES string of the molecule is O=C(NCCc1ccccn1)C(c1ccccc1)c1ccccc1. The lowest BCUT2D eigenvalue weighted by Crippen LogP contribution is -2.31.